The summed E-state index contributed by atoms with van der Waals surface area (Å²) in [5.74, 6) is 0.331. The Morgan fingerprint density at radius 3 is 2.81 bits per heavy atom. The fraction of sp³-hybridized carbons (Fsp3) is 0.136. The fourth-order valence-corrected chi connectivity index (χ4v) is 4.85. The predicted molar refractivity (Wildman–Crippen MR) is 122 cm³/mol. The van der Waals surface area contributed by atoms with Gasteiger partial charge in [0.2, 0.25) is 5.91 Å². The number of nitrogens with zero attached hydrogens (tertiary/aromatic N) is 2. The van der Waals surface area contributed by atoms with Crippen molar-refractivity contribution in [1.82, 2.24) is 9.55 Å². The molecule has 0 saturated heterocycles. The third-order valence-corrected chi connectivity index (χ3v) is 6.53. The number of anilines is 1. The van der Waals surface area contributed by atoms with Crippen molar-refractivity contribution >= 4 is 44.9 Å². The smallest absolute Gasteiger partial charge is 0.276 e. The zero-order valence-electron chi connectivity index (χ0n) is 16.5. The highest BCUT2D eigenvalue weighted by molar-refractivity contribution is 7.99. The molecule has 0 unspecified atom stereocenters. The van der Waals surface area contributed by atoms with Crippen molar-refractivity contribution in [2.45, 2.75) is 5.16 Å². The van der Waals surface area contributed by atoms with E-state index in [2.05, 4.69) is 10.3 Å². The first kappa shape index (κ1) is 20.5. The van der Waals surface area contributed by atoms with Gasteiger partial charge in [0.05, 0.1) is 17.0 Å². The predicted octanol–water partition coefficient (Wildman–Crippen LogP) is 4.09. The van der Waals surface area contributed by atoms with E-state index >= 15 is 0 Å². The maximum Gasteiger partial charge on any atom is 0.276 e. The lowest BCUT2D eigenvalue weighted by Gasteiger charge is -2.19. The van der Waals surface area contributed by atoms with Gasteiger partial charge in [-0.1, -0.05) is 23.9 Å². The van der Waals surface area contributed by atoms with Crippen LogP contribution < -0.4 is 20.3 Å². The number of thioether (sulfide) groups is 1. The lowest BCUT2D eigenvalue weighted by molar-refractivity contribution is -0.113. The second-order valence-electron chi connectivity index (χ2n) is 6.82. The second kappa shape index (κ2) is 8.64. The van der Waals surface area contributed by atoms with Crippen LogP contribution in [-0.4, -0.2) is 34.4 Å². The highest BCUT2D eigenvalue weighted by Gasteiger charge is 2.18. The lowest BCUT2D eigenvalue weighted by atomic mass is 10.2. The molecule has 162 valence electrons. The molecule has 0 radical (unpaired) electrons. The summed E-state index contributed by atoms with van der Waals surface area (Å²) in [4.78, 5) is 30.1. The summed E-state index contributed by atoms with van der Waals surface area (Å²) in [6.07, 6.45) is 0. The van der Waals surface area contributed by atoms with Gasteiger partial charge in [-0.25, -0.2) is 9.37 Å². The van der Waals surface area contributed by atoms with Gasteiger partial charge in [0.1, 0.15) is 23.7 Å². The number of thiophene rings is 1. The summed E-state index contributed by atoms with van der Waals surface area (Å²) in [5, 5.41) is 4.79. The van der Waals surface area contributed by atoms with Gasteiger partial charge in [0, 0.05) is 11.8 Å². The zero-order chi connectivity index (χ0) is 22.1. The third-order valence-electron chi connectivity index (χ3n) is 4.70. The van der Waals surface area contributed by atoms with Crippen LogP contribution in [0.15, 0.2) is 63.9 Å². The van der Waals surface area contributed by atoms with Gasteiger partial charge in [0.15, 0.2) is 16.7 Å². The monoisotopic (exact) mass is 469 g/mol. The summed E-state index contributed by atoms with van der Waals surface area (Å²) in [5.41, 5.74) is 0.801. The zero-order valence-corrected chi connectivity index (χ0v) is 18.2. The van der Waals surface area contributed by atoms with E-state index in [9.17, 15) is 14.0 Å². The molecule has 1 aliphatic heterocycles. The number of aromatic nitrogens is 2. The number of para-hydroxylation sites is 1. The number of fused-ring (bicyclic) bond motifs is 2. The first-order chi connectivity index (χ1) is 15.6. The van der Waals surface area contributed by atoms with Gasteiger partial charge in [0.25, 0.3) is 5.56 Å². The van der Waals surface area contributed by atoms with E-state index in [-0.39, 0.29) is 28.1 Å². The lowest BCUT2D eigenvalue weighted by Crippen LogP contribution is -2.23. The minimum absolute atomic E-state index is 0.0228. The Hall–Kier alpha value is -3.37. The standard InChI is InChI=1S/C22H16FN3O4S2/c23-14-3-1-2-4-16(14)26-21(28)20-15(7-10-31-20)25-22(26)32-12-19(27)24-13-5-6-17-18(11-13)30-9-8-29-17/h1-7,10-11H,8-9,12H2,(H,24,27). The summed E-state index contributed by atoms with van der Waals surface area (Å²) in [7, 11) is 0. The van der Waals surface area contributed by atoms with Crippen LogP contribution in [-0.2, 0) is 4.79 Å². The van der Waals surface area contributed by atoms with Gasteiger partial charge in [-0.2, -0.15) is 0 Å². The van der Waals surface area contributed by atoms with Crippen LogP contribution in [0.1, 0.15) is 0 Å². The highest BCUT2D eigenvalue weighted by atomic mass is 32.2. The van der Waals surface area contributed by atoms with Crippen molar-refractivity contribution in [3.05, 3.63) is 70.1 Å². The number of carbonyl (C=O) groups excluding carboxylic acids is 1. The number of carbonyl (C=O) groups is 1. The summed E-state index contributed by atoms with van der Waals surface area (Å²) in [6, 6.07) is 12.9. The average Bonchev–Trinajstić information content (AvgIpc) is 3.28. The van der Waals surface area contributed by atoms with Crippen molar-refractivity contribution < 1.29 is 18.7 Å². The molecule has 7 nitrogen and oxygen atoms in total. The van der Waals surface area contributed by atoms with Gasteiger partial charge in [-0.05, 0) is 35.7 Å². The molecule has 4 aromatic rings. The maximum atomic E-state index is 14.5. The molecule has 2 aromatic heterocycles. The van der Waals surface area contributed by atoms with Crippen molar-refractivity contribution in [3.63, 3.8) is 0 Å². The molecule has 1 aliphatic rings. The molecular formula is C22H16FN3O4S2. The topological polar surface area (TPSA) is 82.5 Å². The van der Waals surface area contributed by atoms with Crippen molar-refractivity contribution in [1.29, 1.82) is 0 Å². The maximum absolute atomic E-state index is 14.5. The summed E-state index contributed by atoms with van der Waals surface area (Å²) in [6.45, 7) is 0.936. The molecule has 0 atom stereocenters. The van der Waals surface area contributed by atoms with Crippen LogP contribution in [0.2, 0.25) is 0 Å². The Kier molecular flexibility index (Phi) is 5.54. The number of halogens is 1. The summed E-state index contributed by atoms with van der Waals surface area (Å²) >= 11 is 2.31. The number of hydrogen-bond donors (Lipinski definition) is 1. The molecule has 0 bridgehead atoms. The summed E-state index contributed by atoms with van der Waals surface area (Å²) < 4.78 is 27.2. The van der Waals surface area contributed by atoms with Crippen molar-refractivity contribution in [2.75, 3.05) is 24.3 Å². The Bertz CT molecular complexity index is 1390. The molecule has 0 fully saturated rings. The normalized spacial score (nSPS) is 12.7. The number of nitrogens with one attached hydrogen (secondary N) is 1. The van der Waals surface area contributed by atoms with E-state index in [4.69, 9.17) is 9.47 Å². The Morgan fingerprint density at radius 1 is 1.16 bits per heavy atom. The van der Waals surface area contributed by atoms with Crippen LogP contribution in [0, 0.1) is 5.82 Å². The van der Waals surface area contributed by atoms with Crippen LogP contribution in [0.4, 0.5) is 10.1 Å². The van der Waals surface area contributed by atoms with E-state index in [1.54, 1.807) is 41.8 Å². The van der Waals surface area contributed by atoms with Crippen LogP contribution >= 0.6 is 23.1 Å². The molecule has 3 heterocycles. The fourth-order valence-electron chi connectivity index (χ4n) is 3.28. The molecule has 32 heavy (non-hydrogen) atoms. The Balaban J connectivity index is 1.40. The van der Waals surface area contributed by atoms with Gasteiger partial charge in [-0.15, -0.1) is 11.3 Å². The van der Waals surface area contributed by atoms with Gasteiger partial charge >= 0.3 is 0 Å². The molecule has 1 amide bonds. The van der Waals surface area contributed by atoms with Crippen LogP contribution in [0.5, 0.6) is 11.5 Å². The van der Waals surface area contributed by atoms with Crippen molar-refractivity contribution in [2.24, 2.45) is 0 Å². The van der Waals surface area contributed by atoms with E-state index in [0.29, 0.717) is 40.6 Å². The van der Waals surface area contributed by atoms with E-state index in [1.165, 1.54) is 28.0 Å². The van der Waals surface area contributed by atoms with E-state index in [0.717, 1.165) is 11.8 Å². The van der Waals surface area contributed by atoms with Gasteiger partial charge < -0.3 is 14.8 Å². The molecule has 10 heteroatoms. The molecule has 0 spiro atoms. The van der Waals surface area contributed by atoms with Gasteiger partial charge in [-0.3, -0.25) is 14.2 Å². The Labute approximate surface area is 189 Å². The van der Waals surface area contributed by atoms with Crippen molar-refractivity contribution in [3.8, 4) is 17.2 Å². The molecule has 0 saturated carbocycles. The first-order valence-electron chi connectivity index (χ1n) is 9.67. The van der Waals surface area contributed by atoms with E-state index < -0.39 is 5.82 Å². The SMILES string of the molecule is O=C(CSc1nc2ccsc2c(=O)n1-c1ccccc1F)Nc1ccc2c(c1)OCCO2. The van der Waals surface area contributed by atoms with Crippen LogP contribution in [0.3, 0.4) is 0 Å². The minimum Gasteiger partial charge on any atom is -0.486 e. The average molecular weight is 470 g/mol. The Morgan fingerprint density at radius 2 is 1.97 bits per heavy atom. The van der Waals surface area contributed by atoms with E-state index in [1.807, 2.05) is 0 Å². The second-order valence-corrected chi connectivity index (χ2v) is 8.68. The molecule has 5 rings (SSSR count). The molecular weight excluding hydrogens is 453 g/mol. The number of ether oxygens (including phenoxy) is 2. The quantitative estimate of drug-likeness (QED) is 0.350. The molecule has 2 aromatic carbocycles. The third kappa shape index (κ3) is 3.94. The molecule has 1 N–H and O–H groups in total. The van der Waals surface area contributed by atoms with Crippen LogP contribution in [0.25, 0.3) is 15.9 Å². The minimum atomic E-state index is -0.546. The number of amides is 1. The number of hydrogen-bond acceptors (Lipinski definition) is 7. The number of benzene rings is 2. The first-order valence-corrected chi connectivity index (χ1v) is 11.5. The molecule has 0 aliphatic carbocycles. The number of rotatable bonds is 5. The highest BCUT2D eigenvalue weighted by Crippen LogP contribution is 2.32. The largest absolute Gasteiger partial charge is 0.486 e.